The van der Waals surface area contributed by atoms with Gasteiger partial charge in [0.15, 0.2) is 0 Å². The Hall–Kier alpha value is -2.36. The first kappa shape index (κ1) is 21.4. The van der Waals surface area contributed by atoms with Crippen molar-refractivity contribution in [2.45, 2.75) is 45.7 Å². The molecule has 1 atom stereocenters. The van der Waals surface area contributed by atoms with E-state index in [0.717, 1.165) is 35.8 Å². The van der Waals surface area contributed by atoms with Gasteiger partial charge >= 0.3 is 0 Å². The number of nitrogens with zero attached hydrogens (tertiary/aromatic N) is 1. The highest BCUT2D eigenvalue weighted by molar-refractivity contribution is 7.08. The first-order valence-electron chi connectivity index (χ1n) is 10.3. The summed E-state index contributed by atoms with van der Waals surface area (Å²) in [5.41, 5.74) is 4.50. The molecule has 29 heavy (non-hydrogen) atoms. The summed E-state index contributed by atoms with van der Waals surface area (Å²) in [6.45, 7) is 6.24. The fourth-order valence-corrected chi connectivity index (χ4v) is 4.12. The average molecular weight is 411 g/mol. The monoisotopic (exact) mass is 410 g/mol. The number of anilines is 1. The lowest BCUT2D eigenvalue weighted by Crippen LogP contribution is -2.40. The quantitative estimate of drug-likeness (QED) is 0.481. The van der Waals surface area contributed by atoms with Gasteiger partial charge in [0, 0.05) is 22.9 Å². The molecule has 0 radical (unpaired) electrons. The zero-order chi connectivity index (χ0) is 20.6. The van der Waals surface area contributed by atoms with Gasteiger partial charge in [-0.15, -0.1) is 11.3 Å². The fraction of sp³-hybridized carbons (Fsp3) is 0.478. The number of rotatable bonds is 11. The summed E-state index contributed by atoms with van der Waals surface area (Å²) in [6.07, 6.45) is 3.44. The van der Waals surface area contributed by atoms with Crippen molar-refractivity contribution in [3.05, 3.63) is 40.6 Å². The van der Waals surface area contributed by atoms with Crippen molar-refractivity contribution in [2.24, 2.45) is 11.8 Å². The molecule has 1 heterocycles. The molecule has 1 amide bonds. The van der Waals surface area contributed by atoms with E-state index in [1.807, 2.05) is 11.4 Å². The Morgan fingerprint density at radius 2 is 2.00 bits per heavy atom. The summed E-state index contributed by atoms with van der Waals surface area (Å²) in [4.78, 5) is 12.5. The smallest absolute Gasteiger partial charge is 0.243 e. The topological polar surface area (TPSA) is 76.9 Å². The zero-order valence-corrected chi connectivity index (χ0v) is 18.0. The molecule has 0 saturated heterocycles. The molecule has 5 nitrogen and oxygen atoms in total. The van der Waals surface area contributed by atoms with E-state index in [9.17, 15) is 4.79 Å². The molecule has 0 spiro atoms. The van der Waals surface area contributed by atoms with Crippen molar-refractivity contribution in [3.8, 4) is 17.2 Å². The lowest BCUT2D eigenvalue weighted by molar-refractivity contribution is -0.121. The van der Waals surface area contributed by atoms with E-state index >= 15 is 0 Å². The number of benzene rings is 1. The maximum atomic E-state index is 12.5. The van der Waals surface area contributed by atoms with Gasteiger partial charge in [0.25, 0.3) is 0 Å². The van der Waals surface area contributed by atoms with Crippen LogP contribution < -0.4 is 16.0 Å². The van der Waals surface area contributed by atoms with Crippen LogP contribution in [0.4, 0.5) is 5.69 Å². The number of amides is 1. The predicted molar refractivity (Wildman–Crippen MR) is 120 cm³/mol. The van der Waals surface area contributed by atoms with E-state index in [0.29, 0.717) is 12.3 Å². The van der Waals surface area contributed by atoms with Crippen LogP contribution in [0.5, 0.6) is 0 Å². The number of carbonyl (C=O) groups is 1. The van der Waals surface area contributed by atoms with Gasteiger partial charge in [-0.2, -0.15) is 5.26 Å². The molecule has 1 aromatic heterocycles. The molecule has 1 fully saturated rings. The highest BCUT2D eigenvalue weighted by Crippen LogP contribution is 2.33. The zero-order valence-electron chi connectivity index (χ0n) is 17.2. The SMILES string of the molecule is CC(C)C[C@H](Nc1cscc1-c1ccc(CNCC2CC2)cc1)C(=O)NCC#N. The minimum absolute atomic E-state index is 0.0296. The van der Waals surface area contributed by atoms with Crippen LogP contribution in [0.3, 0.4) is 0 Å². The molecule has 0 bridgehead atoms. The number of thiophene rings is 1. The summed E-state index contributed by atoms with van der Waals surface area (Å²) in [5, 5.41) is 22.5. The molecule has 1 saturated carbocycles. The minimum Gasteiger partial charge on any atom is -0.372 e. The minimum atomic E-state index is -0.359. The Balaban J connectivity index is 1.66. The highest BCUT2D eigenvalue weighted by Gasteiger charge is 2.21. The van der Waals surface area contributed by atoms with Crippen molar-refractivity contribution in [1.29, 1.82) is 5.26 Å². The summed E-state index contributed by atoms with van der Waals surface area (Å²) in [5.74, 6) is 1.12. The Bertz CT molecular complexity index is 833. The van der Waals surface area contributed by atoms with Gasteiger partial charge in [-0.3, -0.25) is 4.79 Å². The molecular formula is C23H30N4OS. The first-order chi connectivity index (χ1) is 14.1. The largest absolute Gasteiger partial charge is 0.372 e. The van der Waals surface area contributed by atoms with Crippen molar-refractivity contribution in [3.63, 3.8) is 0 Å². The standard InChI is InChI=1S/C23H30N4OS/c1-16(2)11-21(23(28)26-10-9-24)27-22-15-29-14-20(22)19-7-5-18(6-8-19)13-25-12-17-3-4-17/h5-8,14-17,21,25,27H,3-4,10-13H2,1-2H3,(H,26,28)/t21-/m0/s1. The third kappa shape index (κ3) is 6.59. The van der Waals surface area contributed by atoms with E-state index < -0.39 is 0 Å². The Morgan fingerprint density at radius 3 is 2.66 bits per heavy atom. The molecule has 6 heteroatoms. The molecule has 0 aliphatic heterocycles. The van der Waals surface area contributed by atoms with Crippen LogP contribution in [-0.2, 0) is 11.3 Å². The number of nitrogens with one attached hydrogen (secondary N) is 3. The molecule has 3 rings (SSSR count). The van der Waals surface area contributed by atoms with Crippen LogP contribution >= 0.6 is 11.3 Å². The van der Waals surface area contributed by atoms with Crippen LogP contribution in [0.1, 0.15) is 38.7 Å². The van der Waals surface area contributed by atoms with Crippen molar-refractivity contribution >= 4 is 22.9 Å². The molecule has 0 unspecified atom stereocenters. The Morgan fingerprint density at radius 1 is 1.24 bits per heavy atom. The maximum Gasteiger partial charge on any atom is 0.243 e. The Kier molecular flexibility index (Phi) is 7.68. The summed E-state index contributed by atoms with van der Waals surface area (Å²) >= 11 is 1.62. The number of nitriles is 1. The third-order valence-electron chi connectivity index (χ3n) is 5.08. The van der Waals surface area contributed by atoms with Crippen LogP contribution in [0.15, 0.2) is 35.0 Å². The molecule has 1 aliphatic carbocycles. The van der Waals surface area contributed by atoms with E-state index in [4.69, 9.17) is 5.26 Å². The second kappa shape index (κ2) is 10.4. The molecule has 2 aromatic rings. The van der Waals surface area contributed by atoms with E-state index in [-0.39, 0.29) is 18.5 Å². The van der Waals surface area contributed by atoms with Crippen molar-refractivity contribution in [2.75, 3.05) is 18.4 Å². The predicted octanol–water partition coefficient (Wildman–Crippen LogP) is 4.38. The normalized spacial score (nSPS) is 14.4. The fourth-order valence-electron chi connectivity index (χ4n) is 3.32. The van der Waals surface area contributed by atoms with Gasteiger partial charge < -0.3 is 16.0 Å². The van der Waals surface area contributed by atoms with Gasteiger partial charge in [-0.1, -0.05) is 38.1 Å². The van der Waals surface area contributed by atoms with Gasteiger partial charge in [-0.05, 0) is 48.8 Å². The lowest BCUT2D eigenvalue weighted by Gasteiger charge is -2.21. The van der Waals surface area contributed by atoms with Gasteiger partial charge in [0.05, 0.1) is 11.8 Å². The molecule has 1 aromatic carbocycles. The van der Waals surface area contributed by atoms with Gasteiger partial charge in [0.1, 0.15) is 12.6 Å². The van der Waals surface area contributed by atoms with Gasteiger partial charge in [-0.25, -0.2) is 0 Å². The molecular weight excluding hydrogens is 380 g/mol. The summed E-state index contributed by atoms with van der Waals surface area (Å²) in [6, 6.07) is 10.2. The maximum absolute atomic E-state index is 12.5. The average Bonchev–Trinajstić information content (AvgIpc) is 3.42. The van der Waals surface area contributed by atoms with Crippen LogP contribution in [0, 0.1) is 23.2 Å². The summed E-state index contributed by atoms with van der Waals surface area (Å²) < 4.78 is 0. The number of hydrogen-bond donors (Lipinski definition) is 3. The van der Waals surface area contributed by atoms with Crippen molar-refractivity contribution < 1.29 is 4.79 Å². The lowest BCUT2D eigenvalue weighted by atomic mass is 10.0. The second-order valence-corrected chi connectivity index (χ2v) is 8.92. The third-order valence-corrected chi connectivity index (χ3v) is 5.82. The molecule has 1 aliphatic rings. The second-order valence-electron chi connectivity index (χ2n) is 8.17. The number of carbonyl (C=O) groups excluding carboxylic acids is 1. The summed E-state index contributed by atoms with van der Waals surface area (Å²) in [7, 11) is 0. The van der Waals surface area contributed by atoms with E-state index in [2.05, 4.69) is 59.4 Å². The Labute approximate surface area is 177 Å². The first-order valence-corrected chi connectivity index (χ1v) is 11.3. The van der Waals surface area contributed by atoms with Crippen LogP contribution in [0.25, 0.3) is 11.1 Å². The van der Waals surface area contributed by atoms with Crippen LogP contribution in [-0.4, -0.2) is 25.0 Å². The molecule has 3 N–H and O–H groups in total. The van der Waals surface area contributed by atoms with E-state index in [1.54, 1.807) is 11.3 Å². The molecule has 154 valence electrons. The van der Waals surface area contributed by atoms with Crippen LogP contribution in [0.2, 0.25) is 0 Å². The van der Waals surface area contributed by atoms with Crippen molar-refractivity contribution in [1.82, 2.24) is 10.6 Å². The van der Waals surface area contributed by atoms with Gasteiger partial charge in [0.2, 0.25) is 5.91 Å². The highest BCUT2D eigenvalue weighted by atomic mass is 32.1. The van der Waals surface area contributed by atoms with E-state index in [1.165, 1.54) is 18.4 Å². The number of hydrogen-bond acceptors (Lipinski definition) is 5.